The molecule has 0 spiro atoms. The molecule has 0 unspecified atom stereocenters. The Balaban J connectivity index is 1.24. The van der Waals surface area contributed by atoms with Crippen molar-refractivity contribution in [3.05, 3.63) is 40.4 Å². The summed E-state index contributed by atoms with van der Waals surface area (Å²) in [6.07, 6.45) is 0.851. The van der Waals surface area contributed by atoms with Gasteiger partial charge in [0.05, 0.1) is 12.0 Å². The molecule has 2 fully saturated rings. The van der Waals surface area contributed by atoms with E-state index in [0.29, 0.717) is 50.1 Å². The SMILES string of the molecule is O=C(CCCNC(=O)c1sc(N2CCCCC2)nc1C(F)(F)F)c1ccc(OC2CCC(C(=O)O)CC2)cc1. The van der Waals surface area contributed by atoms with Crippen molar-refractivity contribution in [1.82, 2.24) is 10.3 Å². The van der Waals surface area contributed by atoms with Gasteiger partial charge in [-0.2, -0.15) is 13.2 Å². The Kier molecular flexibility index (Phi) is 9.47. The lowest BCUT2D eigenvalue weighted by Gasteiger charge is -2.26. The molecule has 12 heteroatoms. The zero-order valence-corrected chi connectivity index (χ0v) is 22.3. The summed E-state index contributed by atoms with van der Waals surface area (Å²) in [5.41, 5.74) is -0.699. The van der Waals surface area contributed by atoms with Gasteiger partial charge in [0.25, 0.3) is 5.91 Å². The maximum Gasteiger partial charge on any atom is 0.435 e. The Morgan fingerprint density at radius 3 is 2.33 bits per heavy atom. The molecule has 1 saturated heterocycles. The van der Waals surface area contributed by atoms with Crippen LogP contribution >= 0.6 is 11.3 Å². The van der Waals surface area contributed by atoms with E-state index in [-0.39, 0.29) is 42.3 Å². The first-order valence-corrected chi connectivity index (χ1v) is 14.1. The maximum absolute atomic E-state index is 13.5. The highest BCUT2D eigenvalue weighted by Gasteiger charge is 2.40. The average molecular weight is 568 g/mol. The first kappa shape index (κ1) is 28.8. The summed E-state index contributed by atoms with van der Waals surface area (Å²) in [4.78, 5) is 41.3. The molecule has 212 valence electrons. The number of rotatable bonds is 10. The summed E-state index contributed by atoms with van der Waals surface area (Å²) < 4.78 is 46.6. The van der Waals surface area contributed by atoms with E-state index in [1.807, 2.05) is 0 Å². The molecular weight excluding hydrogens is 535 g/mol. The fraction of sp³-hybridized carbons (Fsp3) is 0.556. The lowest BCUT2D eigenvalue weighted by atomic mass is 9.87. The average Bonchev–Trinajstić information content (AvgIpc) is 3.39. The topological polar surface area (TPSA) is 109 Å². The largest absolute Gasteiger partial charge is 0.490 e. The number of alkyl halides is 3. The number of Topliss-reactive ketones (excluding diaryl/α,β-unsaturated/α-hetero) is 1. The molecule has 1 aromatic heterocycles. The molecule has 1 amide bonds. The predicted octanol–water partition coefficient (Wildman–Crippen LogP) is 5.57. The van der Waals surface area contributed by atoms with Gasteiger partial charge in [0.1, 0.15) is 10.6 Å². The van der Waals surface area contributed by atoms with Gasteiger partial charge in [0.15, 0.2) is 16.6 Å². The summed E-state index contributed by atoms with van der Waals surface area (Å²) in [6, 6.07) is 6.68. The van der Waals surface area contributed by atoms with Gasteiger partial charge < -0.3 is 20.1 Å². The van der Waals surface area contributed by atoms with Crippen LogP contribution in [0, 0.1) is 5.92 Å². The Hall–Kier alpha value is -3.15. The summed E-state index contributed by atoms with van der Waals surface area (Å²) in [5, 5.41) is 11.8. The molecule has 1 aliphatic carbocycles. The van der Waals surface area contributed by atoms with E-state index in [1.54, 1.807) is 29.2 Å². The summed E-state index contributed by atoms with van der Waals surface area (Å²) >= 11 is 0.755. The fourth-order valence-corrected chi connectivity index (χ4v) is 5.94. The van der Waals surface area contributed by atoms with Crippen molar-refractivity contribution in [2.75, 3.05) is 24.5 Å². The van der Waals surface area contributed by atoms with Gasteiger partial charge in [-0.15, -0.1) is 0 Å². The third kappa shape index (κ3) is 7.71. The van der Waals surface area contributed by atoms with E-state index >= 15 is 0 Å². The zero-order chi connectivity index (χ0) is 28.0. The third-order valence-corrected chi connectivity index (χ3v) is 8.20. The summed E-state index contributed by atoms with van der Waals surface area (Å²) in [5.74, 6) is -1.48. The van der Waals surface area contributed by atoms with Crippen LogP contribution in [-0.2, 0) is 11.0 Å². The molecule has 2 aromatic rings. The molecule has 2 aliphatic rings. The predicted molar refractivity (Wildman–Crippen MR) is 140 cm³/mol. The van der Waals surface area contributed by atoms with Crippen molar-refractivity contribution < 1.29 is 37.4 Å². The number of hydrogen-bond donors (Lipinski definition) is 2. The molecule has 4 rings (SSSR count). The molecule has 8 nitrogen and oxygen atoms in total. The third-order valence-electron chi connectivity index (χ3n) is 7.09. The quantitative estimate of drug-likeness (QED) is 0.286. The van der Waals surface area contributed by atoms with Gasteiger partial charge in [-0.05, 0) is 75.6 Å². The number of nitrogens with one attached hydrogen (secondary N) is 1. The van der Waals surface area contributed by atoms with Gasteiger partial charge in [-0.1, -0.05) is 11.3 Å². The lowest BCUT2D eigenvalue weighted by molar-refractivity contribution is -0.143. The molecule has 39 heavy (non-hydrogen) atoms. The van der Waals surface area contributed by atoms with Crippen molar-refractivity contribution in [3.8, 4) is 5.75 Å². The van der Waals surface area contributed by atoms with Crippen LogP contribution in [-0.4, -0.2) is 53.5 Å². The van der Waals surface area contributed by atoms with E-state index in [4.69, 9.17) is 9.84 Å². The lowest BCUT2D eigenvalue weighted by Crippen LogP contribution is -2.29. The van der Waals surface area contributed by atoms with Crippen molar-refractivity contribution in [1.29, 1.82) is 0 Å². The number of carboxylic acid groups (broad SMARTS) is 1. The van der Waals surface area contributed by atoms with Crippen molar-refractivity contribution >= 4 is 34.1 Å². The summed E-state index contributed by atoms with van der Waals surface area (Å²) in [7, 11) is 0. The molecule has 1 aliphatic heterocycles. The van der Waals surface area contributed by atoms with Crippen LogP contribution < -0.4 is 15.0 Å². The Bertz CT molecular complexity index is 1150. The molecule has 0 bridgehead atoms. The van der Waals surface area contributed by atoms with Crippen LogP contribution in [0.15, 0.2) is 24.3 Å². The minimum atomic E-state index is -4.74. The number of halogens is 3. The number of ether oxygens (including phenoxy) is 1. The number of amides is 1. The first-order valence-electron chi connectivity index (χ1n) is 13.3. The number of nitrogens with zero attached hydrogens (tertiary/aromatic N) is 2. The Labute approximate surface area is 228 Å². The second-order valence-electron chi connectivity index (χ2n) is 9.96. The molecule has 2 N–H and O–H groups in total. The second-order valence-corrected chi connectivity index (χ2v) is 10.9. The number of thiazole rings is 1. The number of aromatic nitrogens is 1. The Morgan fingerprint density at radius 2 is 1.72 bits per heavy atom. The van der Waals surface area contributed by atoms with Gasteiger partial charge in [-0.3, -0.25) is 14.4 Å². The van der Waals surface area contributed by atoms with Crippen LogP contribution in [0.1, 0.15) is 83.5 Å². The highest BCUT2D eigenvalue weighted by atomic mass is 32.1. The van der Waals surface area contributed by atoms with Gasteiger partial charge >= 0.3 is 12.1 Å². The Morgan fingerprint density at radius 1 is 1.05 bits per heavy atom. The van der Waals surface area contributed by atoms with Crippen LogP contribution in [0.3, 0.4) is 0 Å². The minimum absolute atomic E-state index is 0.0546. The van der Waals surface area contributed by atoms with Crippen molar-refractivity contribution in [2.45, 2.75) is 70.1 Å². The number of anilines is 1. The molecule has 0 radical (unpaired) electrons. The number of carboxylic acids is 1. The molecule has 0 atom stereocenters. The van der Waals surface area contributed by atoms with Gasteiger partial charge in [0.2, 0.25) is 0 Å². The van der Waals surface area contributed by atoms with Crippen molar-refractivity contribution in [3.63, 3.8) is 0 Å². The number of hydrogen-bond acceptors (Lipinski definition) is 7. The minimum Gasteiger partial charge on any atom is -0.490 e. The van der Waals surface area contributed by atoms with Crippen LogP contribution in [0.5, 0.6) is 5.75 Å². The first-order chi connectivity index (χ1) is 18.6. The molecular formula is C27H32F3N3O5S. The van der Waals surface area contributed by atoms with Crippen molar-refractivity contribution in [2.24, 2.45) is 5.92 Å². The molecule has 1 aromatic carbocycles. The number of carbonyl (C=O) groups excluding carboxylic acids is 2. The monoisotopic (exact) mass is 567 g/mol. The number of carbonyl (C=O) groups is 3. The highest BCUT2D eigenvalue weighted by Crippen LogP contribution is 2.38. The fourth-order valence-electron chi connectivity index (χ4n) is 4.89. The highest BCUT2D eigenvalue weighted by molar-refractivity contribution is 7.17. The number of aliphatic carboxylic acids is 1. The number of piperidine rings is 1. The maximum atomic E-state index is 13.5. The van der Waals surface area contributed by atoms with E-state index in [1.165, 1.54) is 0 Å². The van der Waals surface area contributed by atoms with Crippen LogP contribution in [0.2, 0.25) is 0 Å². The van der Waals surface area contributed by atoms with Crippen LogP contribution in [0.4, 0.5) is 18.3 Å². The second kappa shape index (κ2) is 12.8. The van der Waals surface area contributed by atoms with E-state index < -0.39 is 28.6 Å². The van der Waals surface area contributed by atoms with E-state index in [2.05, 4.69) is 10.3 Å². The smallest absolute Gasteiger partial charge is 0.435 e. The zero-order valence-electron chi connectivity index (χ0n) is 21.5. The number of benzene rings is 1. The standard InChI is InChI=1S/C27H32F3N3O5S/c28-27(29,30)23-22(39-26(32-23)33-15-2-1-3-16-33)24(35)31-14-4-5-21(34)17-6-10-19(11-7-17)38-20-12-8-18(9-13-20)25(36)37/h6-7,10-11,18,20H,1-5,8-9,12-16H2,(H,31,35)(H,36,37). The molecule has 2 heterocycles. The van der Waals surface area contributed by atoms with Gasteiger partial charge in [0, 0.05) is 31.6 Å². The normalized spacial score (nSPS) is 19.9. The number of ketones is 1. The van der Waals surface area contributed by atoms with E-state index in [9.17, 15) is 27.6 Å². The summed E-state index contributed by atoms with van der Waals surface area (Å²) in [6.45, 7) is 1.29. The molecule has 1 saturated carbocycles. The van der Waals surface area contributed by atoms with E-state index in [0.717, 1.165) is 30.6 Å². The van der Waals surface area contributed by atoms with Gasteiger partial charge in [-0.25, -0.2) is 4.98 Å². The van der Waals surface area contributed by atoms with Crippen LogP contribution in [0.25, 0.3) is 0 Å².